The van der Waals surface area contributed by atoms with E-state index in [-0.39, 0.29) is 0 Å². The molecule has 1 aromatic carbocycles. The average molecular weight is 202 g/mol. The van der Waals surface area contributed by atoms with Crippen LogP contribution < -0.4 is 0 Å². The molecule has 1 N–H and O–H groups in total. The smallest absolute Gasteiger partial charge is 0.138 e. The molecule has 1 heterocycles. The van der Waals surface area contributed by atoms with Gasteiger partial charge in [0.05, 0.1) is 0 Å². The van der Waals surface area contributed by atoms with Crippen molar-refractivity contribution in [3.05, 3.63) is 47.7 Å². The Morgan fingerprint density at radius 1 is 1.40 bits per heavy atom. The van der Waals surface area contributed by atoms with Crippen molar-refractivity contribution in [2.24, 2.45) is 0 Å². The van der Waals surface area contributed by atoms with Gasteiger partial charge in [-0.1, -0.05) is 18.2 Å². The Morgan fingerprint density at radius 3 is 2.80 bits per heavy atom. The van der Waals surface area contributed by atoms with Crippen LogP contribution in [0.15, 0.2) is 40.8 Å². The molecule has 1 aromatic heterocycles. The Balaban J connectivity index is 2.51. The van der Waals surface area contributed by atoms with Gasteiger partial charge in [0, 0.05) is 5.39 Å². The van der Waals surface area contributed by atoms with Gasteiger partial charge in [-0.2, -0.15) is 0 Å². The van der Waals surface area contributed by atoms with Crippen LogP contribution in [0.2, 0.25) is 0 Å². The van der Waals surface area contributed by atoms with Crippen LogP contribution in [0.4, 0.5) is 0 Å². The number of furan rings is 1. The Hall–Kier alpha value is -1.54. The molecule has 2 aromatic rings. The summed E-state index contributed by atoms with van der Waals surface area (Å²) in [6, 6.07) is 7.80. The number of rotatable bonds is 2. The second-order valence-corrected chi connectivity index (χ2v) is 3.94. The highest BCUT2D eigenvalue weighted by atomic mass is 16.4. The van der Waals surface area contributed by atoms with Crippen LogP contribution >= 0.6 is 0 Å². The van der Waals surface area contributed by atoms with Gasteiger partial charge in [0.15, 0.2) is 0 Å². The molecule has 15 heavy (non-hydrogen) atoms. The van der Waals surface area contributed by atoms with E-state index in [1.54, 1.807) is 6.92 Å². The summed E-state index contributed by atoms with van der Waals surface area (Å²) >= 11 is 0. The van der Waals surface area contributed by atoms with Gasteiger partial charge in [-0.05, 0) is 37.6 Å². The predicted molar refractivity (Wildman–Crippen MR) is 60.7 cm³/mol. The quantitative estimate of drug-likeness (QED) is 0.757. The van der Waals surface area contributed by atoms with Gasteiger partial charge in [-0.15, -0.1) is 0 Å². The number of hydrogen-bond donors (Lipinski definition) is 1. The maximum Gasteiger partial charge on any atom is 0.138 e. The topological polar surface area (TPSA) is 33.4 Å². The summed E-state index contributed by atoms with van der Waals surface area (Å²) in [7, 11) is 0. The Bertz CT molecular complexity index is 508. The molecule has 0 amide bonds. The molecule has 0 bridgehead atoms. The van der Waals surface area contributed by atoms with Crippen LogP contribution in [-0.4, -0.2) is 5.11 Å². The lowest BCUT2D eigenvalue weighted by molar-refractivity contribution is 0.188. The van der Waals surface area contributed by atoms with Crippen molar-refractivity contribution in [1.82, 2.24) is 0 Å². The minimum Gasteiger partial charge on any atom is -0.458 e. The van der Waals surface area contributed by atoms with E-state index in [0.29, 0.717) is 11.3 Å². The van der Waals surface area contributed by atoms with Gasteiger partial charge >= 0.3 is 0 Å². The first-order valence-electron chi connectivity index (χ1n) is 4.91. The number of aryl methyl sites for hydroxylation is 1. The zero-order valence-corrected chi connectivity index (χ0v) is 8.95. The third-order valence-electron chi connectivity index (χ3n) is 2.43. The van der Waals surface area contributed by atoms with E-state index in [1.165, 1.54) is 5.56 Å². The Labute approximate surface area is 88.8 Å². The molecule has 0 aliphatic rings. The fourth-order valence-electron chi connectivity index (χ4n) is 1.56. The zero-order chi connectivity index (χ0) is 11.0. The van der Waals surface area contributed by atoms with Crippen LogP contribution in [0.25, 0.3) is 11.0 Å². The monoisotopic (exact) mass is 202 g/mol. The van der Waals surface area contributed by atoms with Gasteiger partial charge in [0.1, 0.15) is 17.4 Å². The molecule has 0 saturated heterocycles. The lowest BCUT2D eigenvalue weighted by atomic mass is 10.1. The third-order valence-corrected chi connectivity index (χ3v) is 2.43. The van der Waals surface area contributed by atoms with Crippen molar-refractivity contribution < 1.29 is 9.52 Å². The molecule has 1 unspecified atom stereocenters. The molecular formula is C13H14O2. The van der Waals surface area contributed by atoms with Crippen molar-refractivity contribution in [1.29, 1.82) is 0 Å². The summed E-state index contributed by atoms with van der Waals surface area (Å²) < 4.78 is 5.54. The van der Waals surface area contributed by atoms with Crippen LogP contribution in [0, 0.1) is 6.92 Å². The van der Waals surface area contributed by atoms with Crippen molar-refractivity contribution in [2.75, 3.05) is 0 Å². The first-order chi connectivity index (χ1) is 7.08. The van der Waals surface area contributed by atoms with Gasteiger partial charge in [-0.3, -0.25) is 0 Å². The minimum atomic E-state index is -0.710. The summed E-state index contributed by atoms with van der Waals surface area (Å²) in [6.45, 7) is 7.52. The van der Waals surface area contributed by atoms with Crippen molar-refractivity contribution in [2.45, 2.75) is 20.0 Å². The fourth-order valence-corrected chi connectivity index (χ4v) is 1.56. The minimum absolute atomic E-state index is 0.558. The van der Waals surface area contributed by atoms with Crippen LogP contribution in [0.5, 0.6) is 0 Å². The van der Waals surface area contributed by atoms with Crippen LogP contribution in [0.3, 0.4) is 0 Å². The van der Waals surface area contributed by atoms with Crippen molar-refractivity contribution in [3.63, 3.8) is 0 Å². The molecule has 1 atom stereocenters. The largest absolute Gasteiger partial charge is 0.458 e. The number of fused-ring (bicyclic) bond motifs is 1. The Morgan fingerprint density at radius 2 is 2.13 bits per heavy atom. The van der Waals surface area contributed by atoms with Gasteiger partial charge < -0.3 is 9.52 Å². The molecule has 2 nitrogen and oxygen atoms in total. The highest BCUT2D eigenvalue weighted by molar-refractivity contribution is 5.78. The molecule has 2 heteroatoms. The average Bonchev–Trinajstić information content (AvgIpc) is 2.58. The normalized spacial score (nSPS) is 13.0. The molecule has 0 radical (unpaired) electrons. The number of aliphatic hydroxyl groups excluding tert-OH is 1. The highest BCUT2D eigenvalue weighted by Gasteiger charge is 2.13. The zero-order valence-electron chi connectivity index (χ0n) is 8.95. The molecule has 0 aliphatic carbocycles. The summed E-state index contributed by atoms with van der Waals surface area (Å²) in [6.07, 6.45) is -0.710. The number of benzene rings is 1. The maximum absolute atomic E-state index is 9.77. The third kappa shape index (κ3) is 1.81. The van der Waals surface area contributed by atoms with Crippen molar-refractivity contribution >= 4 is 11.0 Å². The molecule has 0 fully saturated rings. The second kappa shape index (κ2) is 3.55. The van der Waals surface area contributed by atoms with Crippen LogP contribution in [0.1, 0.15) is 24.4 Å². The molecule has 78 valence electrons. The van der Waals surface area contributed by atoms with E-state index < -0.39 is 6.10 Å². The first-order valence-corrected chi connectivity index (χ1v) is 4.91. The SMILES string of the molecule is C=C(C)C(O)c1cc2cc(C)ccc2o1. The number of aliphatic hydroxyl groups is 1. The van der Waals surface area contributed by atoms with E-state index in [9.17, 15) is 5.11 Å². The van der Waals surface area contributed by atoms with E-state index in [0.717, 1.165) is 11.0 Å². The van der Waals surface area contributed by atoms with Crippen LogP contribution in [-0.2, 0) is 0 Å². The van der Waals surface area contributed by atoms with Crippen molar-refractivity contribution in [3.8, 4) is 0 Å². The summed E-state index contributed by atoms with van der Waals surface area (Å²) in [5.74, 6) is 0.558. The first kappa shape index (κ1) is 9.99. The summed E-state index contributed by atoms with van der Waals surface area (Å²) in [5.41, 5.74) is 2.67. The molecule has 0 spiro atoms. The summed E-state index contributed by atoms with van der Waals surface area (Å²) in [5, 5.41) is 10.8. The molecule has 2 rings (SSSR count). The van der Waals surface area contributed by atoms with Gasteiger partial charge in [0.25, 0.3) is 0 Å². The van der Waals surface area contributed by atoms with E-state index in [4.69, 9.17) is 4.42 Å². The highest BCUT2D eigenvalue weighted by Crippen LogP contribution is 2.27. The molecule has 0 aliphatic heterocycles. The van der Waals surface area contributed by atoms with Gasteiger partial charge in [0.2, 0.25) is 0 Å². The maximum atomic E-state index is 9.77. The number of hydrogen-bond acceptors (Lipinski definition) is 2. The van der Waals surface area contributed by atoms with Gasteiger partial charge in [-0.25, -0.2) is 0 Å². The lowest BCUT2D eigenvalue weighted by Crippen LogP contribution is -1.94. The lowest BCUT2D eigenvalue weighted by Gasteiger charge is -2.04. The molecule has 0 saturated carbocycles. The van der Waals surface area contributed by atoms with E-state index >= 15 is 0 Å². The van der Waals surface area contributed by atoms with E-state index in [1.807, 2.05) is 31.2 Å². The summed E-state index contributed by atoms with van der Waals surface area (Å²) in [4.78, 5) is 0. The second-order valence-electron chi connectivity index (χ2n) is 3.94. The predicted octanol–water partition coefficient (Wildman–Crippen LogP) is 3.35. The molecular weight excluding hydrogens is 188 g/mol. The van der Waals surface area contributed by atoms with E-state index in [2.05, 4.69) is 6.58 Å². The fraction of sp³-hybridized carbons (Fsp3) is 0.231. The Kier molecular flexibility index (Phi) is 2.37. The standard InChI is InChI=1S/C13H14O2/c1-8(2)13(14)12-7-10-6-9(3)4-5-11(10)15-12/h4-7,13-14H,1H2,2-3H3.